The molecule has 0 bridgehead atoms. The molecule has 0 aliphatic carbocycles. The van der Waals surface area contributed by atoms with Crippen molar-refractivity contribution in [2.45, 2.75) is 25.8 Å². The summed E-state index contributed by atoms with van der Waals surface area (Å²) < 4.78 is 4.88. The number of benzene rings is 1. The molecule has 2 rings (SSSR count). The number of carbonyl (C=O) groups is 3. The van der Waals surface area contributed by atoms with Gasteiger partial charge in [-0.25, -0.2) is 10.2 Å². The van der Waals surface area contributed by atoms with E-state index in [2.05, 4.69) is 15.8 Å². The zero-order valence-electron chi connectivity index (χ0n) is 12.5. The number of ether oxygens (including phenoxy) is 1. The minimum Gasteiger partial charge on any atom is -0.451 e. The smallest absolute Gasteiger partial charge is 0.355 e. The van der Waals surface area contributed by atoms with Gasteiger partial charge in [-0.1, -0.05) is 29.8 Å². The molecule has 1 aliphatic rings. The standard InChI is InChI=1S/C15H16ClN3O4/c1-9(10-4-2-3-5-11(10)16)17-14(21)8-23-15(22)12-6-7-13(20)19-18-12/h2-5,9H,6-8H2,1H3,(H,17,21)(H,19,20)/t9-/m0/s1. The van der Waals surface area contributed by atoms with Gasteiger partial charge >= 0.3 is 5.97 Å². The lowest BCUT2D eigenvalue weighted by molar-refractivity contribution is -0.142. The van der Waals surface area contributed by atoms with Gasteiger partial charge in [-0.15, -0.1) is 0 Å². The first-order valence-corrected chi connectivity index (χ1v) is 7.41. The summed E-state index contributed by atoms with van der Waals surface area (Å²) in [5.41, 5.74) is 3.06. The minimum atomic E-state index is -0.717. The highest BCUT2D eigenvalue weighted by Crippen LogP contribution is 2.21. The van der Waals surface area contributed by atoms with Gasteiger partial charge in [-0.05, 0) is 18.6 Å². The predicted molar refractivity (Wildman–Crippen MR) is 83.8 cm³/mol. The summed E-state index contributed by atoms with van der Waals surface area (Å²) in [6.07, 6.45) is 0.367. The second-order valence-electron chi connectivity index (χ2n) is 4.98. The lowest BCUT2D eigenvalue weighted by Gasteiger charge is -2.16. The summed E-state index contributed by atoms with van der Waals surface area (Å²) in [6.45, 7) is 1.35. The molecule has 8 heteroatoms. The Morgan fingerprint density at radius 2 is 2.13 bits per heavy atom. The molecule has 0 spiro atoms. The van der Waals surface area contributed by atoms with Crippen LogP contribution in [0.3, 0.4) is 0 Å². The summed E-state index contributed by atoms with van der Waals surface area (Å²) >= 11 is 6.06. The van der Waals surface area contributed by atoms with Gasteiger partial charge in [0.05, 0.1) is 6.04 Å². The number of carbonyl (C=O) groups excluding carboxylic acids is 3. The zero-order chi connectivity index (χ0) is 16.8. The molecule has 0 aromatic heterocycles. The van der Waals surface area contributed by atoms with Crippen molar-refractivity contribution < 1.29 is 19.1 Å². The fourth-order valence-corrected chi connectivity index (χ4v) is 2.32. The van der Waals surface area contributed by atoms with Crippen LogP contribution in [-0.2, 0) is 19.1 Å². The molecule has 23 heavy (non-hydrogen) atoms. The summed E-state index contributed by atoms with van der Waals surface area (Å²) in [6, 6.07) is 6.83. The monoisotopic (exact) mass is 337 g/mol. The van der Waals surface area contributed by atoms with Crippen molar-refractivity contribution in [1.29, 1.82) is 0 Å². The van der Waals surface area contributed by atoms with Crippen LogP contribution in [0.1, 0.15) is 31.4 Å². The van der Waals surface area contributed by atoms with E-state index in [0.717, 1.165) is 5.56 Å². The summed E-state index contributed by atoms with van der Waals surface area (Å²) in [5.74, 6) is -1.43. The van der Waals surface area contributed by atoms with Crippen molar-refractivity contribution in [2.75, 3.05) is 6.61 Å². The normalized spacial score (nSPS) is 15.2. The number of hydrazone groups is 1. The quantitative estimate of drug-likeness (QED) is 0.792. The van der Waals surface area contributed by atoms with Crippen LogP contribution >= 0.6 is 11.6 Å². The number of halogens is 1. The van der Waals surface area contributed by atoms with Crippen LogP contribution in [0.25, 0.3) is 0 Å². The number of hydrogen-bond donors (Lipinski definition) is 2. The molecule has 7 nitrogen and oxygen atoms in total. The van der Waals surface area contributed by atoms with E-state index in [1.54, 1.807) is 25.1 Å². The van der Waals surface area contributed by atoms with Crippen LogP contribution in [0.5, 0.6) is 0 Å². The molecule has 1 aromatic rings. The van der Waals surface area contributed by atoms with Crippen LogP contribution < -0.4 is 10.7 Å². The van der Waals surface area contributed by atoms with Crippen molar-refractivity contribution >= 4 is 35.1 Å². The van der Waals surface area contributed by atoms with Crippen molar-refractivity contribution in [2.24, 2.45) is 5.10 Å². The third-order valence-corrected chi connectivity index (χ3v) is 3.57. The first kappa shape index (κ1) is 17.0. The van der Waals surface area contributed by atoms with Gasteiger partial charge in [0, 0.05) is 17.9 Å². The Morgan fingerprint density at radius 1 is 1.39 bits per heavy atom. The average Bonchev–Trinajstić information content (AvgIpc) is 2.53. The highest BCUT2D eigenvalue weighted by molar-refractivity contribution is 6.37. The number of hydrogen-bond acceptors (Lipinski definition) is 5. The topological polar surface area (TPSA) is 96.9 Å². The number of esters is 1. The Labute approximate surface area is 138 Å². The summed E-state index contributed by atoms with van der Waals surface area (Å²) in [5, 5.41) is 6.84. The van der Waals surface area contributed by atoms with Crippen molar-refractivity contribution in [3.8, 4) is 0 Å². The molecular formula is C15H16ClN3O4. The van der Waals surface area contributed by atoms with E-state index in [9.17, 15) is 14.4 Å². The lowest BCUT2D eigenvalue weighted by Crippen LogP contribution is -2.34. The maximum Gasteiger partial charge on any atom is 0.355 e. The molecule has 1 aliphatic heterocycles. The van der Waals surface area contributed by atoms with Gasteiger partial charge in [-0.3, -0.25) is 9.59 Å². The van der Waals surface area contributed by atoms with E-state index in [0.29, 0.717) is 5.02 Å². The van der Waals surface area contributed by atoms with Gasteiger partial charge < -0.3 is 10.1 Å². The maximum atomic E-state index is 11.8. The third kappa shape index (κ3) is 4.79. The molecule has 2 N–H and O–H groups in total. The van der Waals surface area contributed by atoms with Crippen molar-refractivity contribution in [3.63, 3.8) is 0 Å². The van der Waals surface area contributed by atoms with Gasteiger partial charge in [0.2, 0.25) is 5.91 Å². The van der Waals surface area contributed by atoms with E-state index < -0.39 is 18.5 Å². The molecule has 2 amide bonds. The summed E-state index contributed by atoms with van der Waals surface area (Å²) in [7, 11) is 0. The van der Waals surface area contributed by atoms with Crippen molar-refractivity contribution in [1.82, 2.24) is 10.7 Å². The summed E-state index contributed by atoms with van der Waals surface area (Å²) in [4.78, 5) is 34.5. The van der Waals surface area contributed by atoms with Crippen LogP contribution in [0.2, 0.25) is 5.02 Å². The van der Waals surface area contributed by atoms with E-state index >= 15 is 0 Å². The fourth-order valence-electron chi connectivity index (χ4n) is 2.02. The average molecular weight is 338 g/mol. The predicted octanol–water partition coefficient (Wildman–Crippen LogP) is 1.33. The fraction of sp³-hybridized carbons (Fsp3) is 0.333. The molecule has 1 atom stereocenters. The molecule has 0 fully saturated rings. The van der Waals surface area contributed by atoms with Crippen LogP contribution in [0, 0.1) is 0 Å². The van der Waals surface area contributed by atoms with E-state index in [-0.39, 0.29) is 30.5 Å². The Morgan fingerprint density at radius 3 is 2.78 bits per heavy atom. The number of nitrogens with zero attached hydrogens (tertiary/aromatic N) is 1. The molecule has 0 saturated carbocycles. The Hall–Kier alpha value is -2.41. The van der Waals surface area contributed by atoms with E-state index in [4.69, 9.17) is 16.3 Å². The number of nitrogens with one attached hydrogen (secondary N) is 2. The largest absolute Gasteiger partial charge is 0.451 e. The van der Waals surface area contributed by atoms with E-state index in [1.165, 1.54) is 0 Å². The Balaban J connectivity index is 1.82. The molecule has 0 radical (unpaired) electrons. The number of rotatable bonds is 5. The first-order valence-electron chi connectivity index (χ1n) is 7.03. The number of amides is 2. The second-order valence-corrected chi connectivity index (χ2v) is 5.39. The third-order valence-electron chi connectivity index (χ3n) is 3.22. The molecular weight excluding hydrogens is 322 g/mol. The Bertz CT molecular complexity index is 660. The van der Waals surface area contributed by atoms with E-state index in [1.807, 2.05) is 6.07 Å². The van der Waals surface area contributed by atoms with Crippen LogP contribution in [0.15, 0.2) is 29.4 Å². The molecule has 1 heterocycles. The minimum absolute atomic E-state index is 0.0940. The van der Waals surface area contributed by atoms with Crippen LogP contribution in [-0.4, -0.2) is 30.1 Å². The SMILES string of the molecule is C[C@H](NC(=O)COC(=O)C1=NNC(=O)CC1)c1ccccc1Cl. The highest BCUT2D eigenvalue weighted by atomic mass is 35.5. The molecule has 122 valence electrons. The first-order chi connectivity index (χ1) is 11.0. The van der Waals surface area contributed by atoms with Crippen LogP contribution in [0.4, 0.5) is 0 Å². The molecule has 0 unspecified atom stereocenters. The maximum absolute atomic E-state index is 11.8. The van der Waals surface area contributed by atoms with Gasteiger partial charge in [0.25, 0.3) is 5.91 Å². The van der Waals surface area contributed by atoms with Gasteiger partial charge in [-0.2, -0.15) is 5.10 Å². The van der Waals surface area contributed by atoms with Gasteiger partial charge in [0.15, 0.2) is 6.61 Å². The lowest BCUT2D eigenvalue weighted by atomic mass is 10.1. The highest BCUT2D eigenvalue weighted by Gasteiger charge is 2.21. The van der Waals surface area contributed by atoms with Gasteiger partial charge in [0.1, 0.15) is 5.71 Å². The Kier molecular flexibility index (Phi) is 5.70. The zero-order valence-corrected chi connectivity index (χ0v) is 13.2. The van der Waals surface area contributed by atoms with Crippen molar-refractivity contribution in [3.05, 3.63) is 34.9 Å². The molecule has 0 saturated heterocycles. The second kappa shape index (κ2) is 7.73. The molecule has 1 aromatic carbocycles.